The Morgan fingerprint density at radius 2 is 1.74 bits per heavy atom. The number of benzene rings is 1. The first kappa shape index (κ1) is 12.5. The molecule has 1 heterocycles. The smallest absolute Gasteiger partial charge is 0.253 e. The Morgan fingerprint density at radius 1 is 1.05 bits per heavy atom. The van der Waals surface area contributed by atoms with Crippen LogP contribution in [0.4, 0.5) is 5.69 Å². The fraction of sp³-hybridized carbons (Fsp3) is 0.562. The second-order valence-corrected chi connectivity index (χ2v) is 5.97. The van der Waals surface area contributed by atoms with Crippen molar-refractivity contribution in [3.63, 3.8) is 0 Å². The van der Waals surface area contributed by atoms with Gasteiger partial charge >= 0.3 is 0 Å². The summed E-state index contributed by atoms with van der Waals surface area (Å²) >= 11 is 0. The monoisotopic (exact) mass is 258 g/mol. The third-order valence-corrected chi connectivity index (χ3v) is 4.74. The van der Waals surface area contributed by atoms with Gasteiger partial charge in [-0.05, 0) is 48.9 Å². The number of amides is 1. The second-order valence-electron chi connectivity index (χ2n) is 5.97. The van der Waals surface area contributed by atoms with Crippen LogP contribution >= 0.6 is 0 Å². The molecule has 19 heavy (non-hydrogen) atoms. The first-order valence-corrected chi connectivity index (χ1v) is 7.39. The van der Waals surface area contributed by atoms with E-state index >= 15 is 0 Å². The van der Waals surface area contributed by atoms with Crippen molar-refractivity contribution in [2.24, 2.45) is 11.8 Å². The predicted molar refractivity (Wildman–Crippen MR) is 76.8 cm³/mol. The molecule has 0 radical (unpaired) electrons. The summed E-state index contributed by atoms with van der Waals surface area (Å²) in [4.78, 5) is 14.5. The van der Waals surface area contributed by atoms with Gasteiger partial charge in [-0.25, -0.2) is 0 Å². The lowest BCUT2D eigenvalue weighted by Crippen LogP contribution is -2.44. The highest BCUT2D eigenvalue weighted by Crippen LogP contribution is 2.36. The first-order valence-electron chi connectivity index (χ1n) is 7.39. The Labute approximate surface area is 114 Å². The van der Waals surface area contributed by atoms with Gasteiger partial charge < -0.3 is 10.6 Å². The van der Waals surface area contributed by atoms with Crippen LogP contribution in [0.15, 0.2) is 24.3 Å². The van der Waals surface area contributed by atoms with E-state index in [-0.39, 0.29) is 5.91 Å². The number of anilines is 1. The predicted octanol–water partition coefficient (Wildman–Crippen LogP) is 2.92. The molecule has 1 saturated carbocycles. The Kier molecular flexibility index (Phi) is 3.45. The number of nitrogens with two attached hydrogens (primary N) is 1. The van der Waals surface area contributed by atoms with Gasteiger partial charge in [0, 0.05) is 24.3 Å². The zero-order valence-electron chi connectivity index (χ0n) is 11.3. The standard InChI is InChI=1S/C16H22N2O/c17-15-7-5-13(6-8-15)16(19)18-10-9-12-3-1-2-4-14(12)11-18/h5-8,12,14H,1-4,9-11,17H2/t12-,14-/m1/s1. The fourth-order valence-corrected chi connectivity index (χ4v) is 3.59. The highest BCUT2D eigenvalue weighted by atomic mass is 16.2. The maximum atomic E-state index is 12.5. The molecule has 0 bridgehead atoms. The lowest BCUT2D eigenvalue weighted by Gasteiger charge is -2.41. The van der Waals surface area contributed by atoms with Crippen LogP contribution in [0.2, 0.25) is 0 Å². The molecule has 2 aliphatic rings. The van der Waals surface area contributed by atoms with Crippen LogP contribution in [0.3, 0.4) is 0 Å². The first-order chi connectivity index (χ1) is 9.24. The molecular weight excluding hydrogens is 236 g/mol. The van der Waals surface area contributed by atoms with Crippen LogP contribution in [0.5, 0.6) is 0 Å². The summed E-state index contributed by atoms with van der Waals surface area (Å²) in [5.74, 6) is 1.77. The van der Waals surface area contributed by atoms with E-state index in [1.54, 1.807) is 12.1 Å². The van der Waals surface area contributed by atoms with E-state index in [9.17, 15) is 4.79 Å². The molecule has 0 aromatic heterocycles. The Morgan fingerprint density at radius 3 is 2.47 bits per heavy atom. The molecule has 1 aromatic rings. The summed E-state index contributed by atoms with van der Waals surface area (Å²) in [6.07, 6.45) is 6.58. The van der Waals surface area contributed by atoms with Gasteiger partial charge in [0.25, 0.3) is 5.91 Å². The number of hydrogen-bond acceptors (Lipinski definition) is 2. The highest BCUT2D eigenvalue weighted by molar-refractivity contribution is 5.94. The minimum absolute atomic E-state index is 0.170. The summed E-state index contributed by atoms with van der Waals surface area (Å²) in [6, 6.07) is 7.29. The molecule has 1 aliphatic carbocycles. The second kappa shape index (κ2) is 5.24. The SMILES string of the molecule is Nc1ccc(C(=O)N2CC[C@H]3CCCC[C@@H]3C2)cc1. The molecule has 0 spiro atoms. The Hall–Kier alpha value is -1.51. The minimum Gasteiger partial charge on any atom is -0.399 e. The van der Waals surface area contributed by atoms with Crippen molar-refractivity contribution in [3.8, 4) is 0 Å². The summed E-state index contributed by atoms with van der Waals surface area (Å²) in [5, 5.41) is 0. The third-order valence-electron chi connectivity index (χ3n) is 4.74. The third kappa shape index (κ3) is 2.60. The van der Waals surface area contributed by atoms with E-state index in [1.165, 1.54) is 32.1 Å². The van der Waals surface area contributed by atoms with Gasteiger partial charge in [0.05, 0.1) is 0 Å². The molecule has 102 valence electrons. The van der Waals surface area contributed by atoms with Crippen LogP contribution in [-0.4, -0.2) is 23.9 Å². The molecule has 0 unspecified atom stereocenters. The van der Waals surface area contributed by atoms with Crippen LogP contribution in [-0.2, 0) is 0 Å². The number of fused-ring (bicyclic) bond motifs is 1. The molecule has 1 aliphatic heterocycles. The van der Waals surface area contributed by atoms with Gasteiger partial charge in [0.1, 0.15) is 0 Å². The molecule has 2 atom stereocenters. The van der Waals surface area contributed by atoms with Crippen molar-refractivity contribution in [3.05, 3.63) is 29.8 Å². The van der Waals surface area contributed by atoms with Crippen molar-refractivity contribution < 1.29 is 4.79 Å². The number of nitrogens with zero attached hydrogens (tertiary/aromatic N) is 1. The van der Waals surface area contributed by atoms with Crippen LogP contribution in [0.1, 0.15) is 42.5 Å². The van der Waals surface area contributed by atoms with E-state index < -0.39 is 0 Å². The average molecular weight is 258 g/mol. The van der Waals surface area contributed by atoms with E-state index in [1.807, 2.05) is 17.0 Å². The molecule has 1 amide bonds. The number of carbonyl (C=O) groups excluding carboxylic acids is 1. The highest BCUT2D eigenvalue weighted by Gasteiger charge is 2.33. The number of nitrogen functional groups attached to an aromatic ring is 1. The van der Waals surface area contributed by atoms with Gasteiger partial charge in [-0.2, -0.15) is 0 Å². The van der Waals surface area contributed by atoms with Crippen LogP contribution in [0, 0.1) is 11.8 Å². The van der Waals surface area contributed by atoms with Gasteiger partial charge in [-0.15, -0.1) is 0 Å². The minimum atomic E-state index is 0.170. The van der Waals surface area contributed by atoms with Gasteiger partial charge in [-0.3, -0.25) is 4.79 Å². The Bertz CT molecular complexity index is 454. The zero-order chi connectivity index (χ0) is 13.2. The fourth-order valence-electron chi connectivity index (χ4n) is 3.59. The maximum absolute atomic E-state index is 12.5. The molecule has 1 saturated heterocycles. The largest absolute Gasteiger partial charge is 0.399 e. The molecule has 2 fully saturated rings. The number of rotatable bonds is 1. The quantitative estimate of drug-likeness (QED) is 0.787. The van der Waals surface area contributed by atoms with Gasteiger partial charge in [0.15, 0.2) is 0 Å². The van der Waals surface area contributed by atoms with E-state index in [4.69, 9.17) is 5.73 Å². The van der Waals surface area contributed by atoms with E-state index in [0.29, 0.717) is 5.69 Å². The van der Waals surface area contributed by atoms with Crippen LogP contribution < -0.4 is 5.73 Å². The lowest BCUT2D eigenvalue weighted by atomic mass is 9.75. The van der Waals surface area contributed by atoms with Crippen molar-refractivity contribution in [2.75, 3.05) is 18.8 Å². The molecule has 3 nitrogen and oxygen atoms in total. The van der Waals surface area contributed by atoms with Crippen molar-refractivity contribution in [1.82, 2.24) is 4.90 Å². The summed E-state index contributed by atoms with van der Waals surface area (Å²) in [6.45, 7) is 1.87. The lowest BCUT2D eigenvalue weighted by molar-refractivity contribution is 0.0521. The molecule has 2 N–H and O–H groups in total. The van der Waals surface area contributed by atoms with Crippen molar-refractivity contribution in [2.45, 2.75) is 32.1 Å². The Balaban J connectivity index is 1.69. The van der Waals surface area contributed by atoms with E-state index in [0.717, 1.165) is 30.5 Å². The summed E-state index contributed by atoms with van der Waals surface area (Å²) in [7, 11) is 0. The number of likely N-dealkylation sites (tertiary alicyclic amines) is 1. The average Bonchev–Trinajstić information content (AvgIpc) is 2.47. The van der Waals surface area contributed by atoms with Crippen molar-refractivity contribution >= 4 is 11.6 Å². The maximum Gasteiger partial charge on any atom is 0.253 e. The number of hydrogen-bond donors (Lipinski definition) is 1. The zero-order valence-corrected chi connectivity index (χ0v) is 11.3. The number of piperidine rings is 1. The normalized spacial score (nSPS) is 26.8. The molecule has 3 rings (SSSR count). The summed E-state index contributed by atoms with van der Waals surface area (Å²) in [5.41, 5.74) is 7.15. The van der Waals surface area contributed by atoms with Gasteiger partial charge in [-0.1, -0.05) is 19.3 Å². The number of carbonyl (C=O) groups is 1. The van der Waals surface area contributed by atoms with E-state index in [2.05, 4.69) is 0 Å². The topological polar surface area (TPSA) is 46.3 Å². The van der Waals surface area contributed by atoms with Gasteiger partial charge in [0.2, 0.25) is 0 Å². The van der Waals surface area contributed by atoms with Crippen LogP contribution in [0.25, 0.3) is 0 Å². The summed E-state index contributed by atoms with van der Waals surface area (Å²) < 4.78 is 0. The molecular formula is C16H22N2O. The molecule has 3 heteroatoms. The van der Waals surface area contributed by atoms with Crippen molar-refractivity contribution in [1.29, 1.82) is 0 Å². The molecule has 1 aromatic carbocycles.